The lowest BCUT2D eigenvalue weighted by Crippen LogP contribution is -1.94. The number of aromatic nitrogens is 2. The monoisotopic (exact) mass is 436 g/mol. The van der Waals surface area contributed by atoms with E-state index in [2.05, 4.69) is 89.1 Å². The average molecular weight is 437 g/mol. The summed E-state index contributed by atoms with van der Waals surface area (Å²) in [5.74, 6) is 0. The smallest absolute Gasteiger partial charge is 0.0790 e. The number of thiophene rings is 2. The maximum absolute atomic E-state index is 4.87. The van der Waals surface area contributed by atoms with Crippen molar-refractivity contribution in [2.45, 2.75) is 6.92 Å². The molecule has 0 fully saturated rings. The Morgan fingerprint density at radius 1 is 0.677 bits per heavy atom. The molecule has 5 aromatic rings. The number of aryl methyl sites for hydroxylation is 1. The van der Waals surface area contributed by atoms with Crippen LogP contribution in [0, 0.1) is 6.92 Å². The fourth-order valence-corrected chi connectivity index (χ4v) is 4.90. The van der Waals surface area contributed by atoms with Gasteiger partial charge in [-0.25, -0.2) is 0 Å². The summed E-state index contributed by atoms with van der Waals surface area (Å²) in [4.78, 5) is 9.64. The van der Waals surface area contributed by atoms with Crippen LogP contribution in [0.4, 0.5) is 0 Å². The van der Waals surface area contributed by atoms with Crippen LogP contribution in [0.3, 0.4) is 0 Å². The van der Waals surface area contributed by atoms with Crippen molar-refractivity contribution in [1.29, 1.82) is 0 Å². The van der Waals surface area contributed by atoms with E-state index < -0.39 is 0 Å². The van der Waals surface area contributed by atoms with Crippen molar-refractivity contribution in [3.63, 3.8) is 0 Å². The zero-order valence-electron chi connectivity index (χ0n) is 17.0. The first-order valence-corrected chi connectivity index (χ1v) is 11.9. The topological polar surface area (TPSA) is 25.8 Å². The molecule has 0 N–H and O–H groups in total. The van der Waals surface area contributed by atoms with Crippen LogP contribution in [0.2, 0.25) is 0 Å². The lowest BCUT2D eigenvalue weighted by molar-refractivity contribution is 1.24. The van der Waals surface area contributed by atoms with E-state index in [4.69, 9.17) is 9.97 Å². The molecule has 0 atom stereocenters. The molecule has 0 spiro atoms. The summed E-state index contributed by atoms with van der Waals surface area (Å²) < 4.78 is 0. The van der Waals surface area contributed by atoms with Crippen molar-refractivity contribution in [3.05, 3.63) is 105 Å². The Morgan fingerprint density at radius 2 is 1.39 bits per heavy atom. The first kappa shape index (κ1) is 19.6. The minimum Gasteiger partial charge on any atom is -0.255 e. The molecule has 0 saturated carbocycles. The zero-order chi connectivity index (χ0) is 21.0. The molecule has 0 radical (unpaired) electrons. The van der Waals surface area contributed by atoms with Crippen LogP contribution >= 0.6 is 22.7 Å². The third kappa shape index (κ3) is 4.26. The molecule has 0 saturated heterocycles. The SMILES string of the molecule is Cc1cc(-c2ncc(-c3ccsc3)cc2C=Cc2ccccc2)cnc1-c1ccsc1. The molecule has 0 aliphatic carbocycles. The van der Waals surface area contributed by atoms with Gasteiger partial charge in [-0.3, -0.25) is 9.97 Å². The second-order valence-corrected chi connectivity index (χ2v) is 8.88. The predicted octanol–water partition coefficient (Wildman–Crippen LogP) is 8.08. The van der Waals surface area contributed by atoms with Gasteiger partial charge in [0.15, 0.2) is 0 Å². The first-order chi connectivity index (χ1) is 15.3. The van der Waals surface area contributed by atoms with Crippen LogP contribution in [0.5, 0.6) is 0 Å². The van der Waals surface area contributed by atoms with E-state index in [1.807, 2.05) is 18.5 Å². The highest BCUT2D eigenvalue weighted by atomic mass is 32.1. The van der Waals surface area contributed by atoms with Crippen molar-refractivity contribution in [2.24, 2.45) is 0 Å². The van der Waals surface area contributed by atoms with E-state index in [-0.39, 0.29) is 0 Å². The van der Waals surface area contributed by atoms with Gasteiger partial charge in [0, 0.05) is 40.0 Å². The third-order valence-electron chi connectivity index (χ3n) is 5.17. The van der Waals surface area contributed by atoms with Gasteiger partial charge in [0.05, 0.1) is 11.4 Å². The largest absolute Gasteiger partial charge is 0.255 e. The van der Waals surface area contributed by atoms with Crippen LogP contribution in [-0.4, -0.2) is 9.97 Å². The van der Waals surface area contributed by atoms with Gasteiger partial charge in [-0.05, 0) is 64.0 Å². The average Bonchev–Trinajstić information content (AvgIpc) is 3.53. The van der Waals surface area contributed by atoms with Gasteiger partial charge in [0.2, 0.25) is 0 Å². The third-order valence-corrected chi connectivity index (χ3v) is 6.54. The fourth-order valence-electron chi connectivity index (χ4n) is 3.59. The molecule has 4 heterocycles. The van der Waals surface area contributed by atoms with Gasteiger partial charge in [-0.2, -0.15) is 22.7 Å². The summed E-state index contributed by atoms with van der Waals surface area (Å²) >= 11 is 3.39. The molecule has 1 aromatic carbocycles. The Hall–Kier alpha value is -3.34. The van der Waals surface area contributed by atoms with Crippen LogP contribution in [0.25, 0.3) is 45.8 Å². The van der Waals surface area contributed by atoms with Gasteiger partial charge < -0.3 is 0 Å². The molecule has 0 amide bonds. The molecule has 150 valence electrons. The van der Waals surface area contributed by atoms with E-state index in [1.165, 1.54) is 11.1 Å². The van der Waals surface area contributed by atoms with Gasteiger partial charge >= 0.3 is 0 Å². The summed E-state index contributed by atoms with van der Waals surface area (Å²) in [6, 6.07) is 19.0. The molecular weight excluding hydrogens is 416 g/mol. The highest BCUT2D eigenvalue weighted by Gasteiger charge is 2.11. The van der Waals surface area contributed by atoms with E-state index in [0.717, 1.165) is 39.2 Å². The standard InChI is InChI=1S/C27H20N2S2/c1-19-13-25(16-28-26(19)23-10-12-31-18-23)27-21(8-7-20-5-3-2-4-6-20)14-24(15-29-27)22-9-11-30-17-22/h2-18H,1H3. The molecule has 0 aliphatic rings. The highest BCUT2D eigenvalue weighted by Crippen LogP contribution is 2.31. The van der Waals surface area contributed by atoms with Crippen molar-refractivity contribution < 1.29 is 0 Å². The minimum atomic E-state index is 0.943. The Balaban J connectivity index is 1.59. The Bertz CT molecular complexity index is 1320. The van der Waals surface area contributed by atoms with Gasteiger partial charge in [0.1, 0.15) is 0 Å². The van der Waals surface area contributed by atoms with Gasteiger partial charge in [-0.15, -0.1) is 0 Å². The quantitative estimate of drug-likeness (QED) is 0.278. The van der Waals surface area contributed by atoms with Gasteiger partial charge in [-0.1, -0.05) is 42.5 Å². The number of pyridine rings is 2. The normalized spacial score (nSPS) is 11.3. The molecule has 4 aromatic heterocycles. The van der Waals surface area contributed by atoms with E-state index in [0.29, 0.717) is 0 Å². The van der Waals surface area contributed by atoms with E-state index >= 15 is 0 Å². The Kier molecular flexibility index (Phi) is 5.57. The number of benzene rings is 1. The second-order valence-electron chi connectivity index (χ2n) is 7.32. The van der Waals surface area contributed by atoms with Crippen molar-refractivity contribution in [1.82, 2.24) is 9.97 Å². The number of rotatable bonds is 5. The van der Waals surface area contributed by atoms with Crippen molar-refractivity contribution in [2.75, 3.05) is 0 Å². The van der Waals surface area contributed by atoms with Crippen molar-refractivity contribution >= 4 is 34.8 Å². The fraction of sp³-hybridized carbons (Fsp3) is 0.0370. The van der Waals surface area contributed by atoms with Crippen LogP contribution < -0.4 is 0 Å². The summed E-state index contributed by atoms with van der Waals surface area (Å²) in [6.45, 7) is 2.11. The molecule has 0 aliphatic heterocycles. The van der Waals surface area contributed by atoms with Gasteiger partial charge in [0.25, 0.3) is 0 Å². The maximum atomic E-state index is 4.87. The summed E-state index contributed by atoms with van der Waals surface area (Å²) in [5, 5.41) is 8.47. The Labute approximate surface area is 190 Å². The summed E-state index contributed by atoms with van der Waals surface area (Å²) in [6.07, 6.45) is 8.18. The Morgan fingerprint density at radius 3 is 2.10 bits per heavy atom. The van der Waals surface area contributed by atoms with Crippen LogP contribution in [0.15, 0.2) is 88.5 Å². The van der Waals surface area contributed by atoms with Crippen LogP contribution in [-0.2, 0) is 0 Å². The highest BCUT2D eigenvalue weighted by molar-refractivity contribution is 7.08. The molecule has 0 unspecified atom stereocenters. The lowest BCUT2D eigenvalue weighted by atomic mass is 10.00. The second kappa shape index (κ2) is 8.80. The summed E-state index contributed by atoms with van der Waals surface area (Å²) in [7, 11) is 0. The van der Waals surface area contributed by atoms with E-state index in [1.54, 1.807) is 22.7 Å². The predicted molar refractivity (Wildman–Crippen MR) is 134 cm³/mol. The number of nitrogens with zero attached hydrogens (tertiary/aromatic N) is 2. The first-order valence-electron chi connectivity index (χ1n) is 10.0. The molecular formula is C27H20N2S2. The number of hydrogen-bond acceptors (Lipinski definition) is 4. The van der Waals surface area contributed by atoms with E-state index in [9.17, 15) is 0 Å². The zero-order valence-corrected chi connectivity index (χ0v) is 18.7. The molecule has 4 heteroatoms. The maximum Gasteiger partial charge on any atom is 0.0790 e. The molecule has 0 bridgehead atoms. The summed E-state index contributed by atoms with van der Waals surface area (Å²) in [5.41, 5.74) is 9.88. The minimum absolute atomic E-state index is 0.943. The molecule has 31 heavy (non-hydrogen) atoms. The van der Waals surface area contributed by atoms with Crippen molar-refractivity contribution in [3.8, 4) is 33.6 Å². The lowest BCUT2D eigenvalue weighted by Gasteiger charge is -2.10. The van der Waals surface area contributed by atoms with Crippen LogP contribution in [0.1, 0.15) is 16.7 Å². The number of hydrogen-bond donors (Lipinski definition) is 0. The molecule has 5 rings (SSSR count). The molecule has 2 nitrogen and oxygen atoms in total.